The summed E-state index contributed by atoms with van der Waals surface area (Å²) in [6.45, 7) is 6.92. The van der Waals surface area contributed by atoms with Gasteiger partial charge in [0.25, 0.3) is 0 Å². The molecule has 0 saturated carbocycles. The van der Waals surface area contributed by atoms with E-state index in [0.29, 0.717) is 49.3 Å². The first-order valence-electron chi connectivity index (χ1n) is 9.15. The quantitative estimate of drug-likeness (QED) is 0.734. The molecular weight excluding hydrogens is 352 g/mol. The van der Waals surface area contributed by atoms with Crippen molar-refractivity contribution in [1.82, 2.24) is 19.3 Å². The third-order valence-corrected chi connectivity index (χ3v) is 6.52. The fourth-order valence-electron chi connectivity index (χ4n) is 3.09. The number of hydrogen-bond acceptors (Lipinski definition) is 6. The first-order valence-corrected chi connectivity index (χ1v) is 10.6. The maximum atomic E-state index is 12.8. The van der Waals surface area contributed by atoms with E-state index in [1.54, 1.807) is 16.4 Å². The molecule has 0 aliphatic carbocycles. The number of nitrogens with zero attached hydrogens (tertiary/aromatic N) is 4. The van der Waals surface area contributed by atoms with Crippen molar-refractivity contribution >= 4 is 10.0 Å². The van der Waals surface area contributed by atoms with Crippen molar-refractivity contribution in [3.8, 4) is 0 Å². The lowest BCUT2D eigenvalue weighted by molar-refractivity contribution is 0.176. The van der Waals surface area contributed by atoms with E-state index in [1.165, 1.54) is 5.56 Å². The Morgan fingerprint density at radius 2 is 1.77 bits per heavy atom. The fraction of sp³-hybridized carbons (Fsp3) is 0.556. The minimum atomic E-state index is -3.43. The Balaban J connectivity index is 1.59. The van der Waals surface area contributed by atoms with Gasteiger partial charge in [0.1, 0.15) is 0 Å². The van der Waals surface area contributed by atoms with Crippen LogP contribution in [-0.4, -0.2) is 53.9 Å². The van der Waals surface area contributed by atoms with Gasteiger partial charge in [0.2, 0.25) is 15.9 Å². The Morgan fingerprint density at radius 3 is 2.35 bits per heavy atom. The molecular formula is C18H26N4O3S. The second-order valence-electron chi connectivity index (χ2n) is 6.53. The van der Waals surface area contributed by atoms with Crippen LogP contribution in [0.3, 0.4) is 0 Å². The lowest BCUT2D eigenvalue weighted by Crippen LogP contribution is -2.48. The average Bonchev–Trinajstić information content (AvgIpc) is 3.10. The van der Waals surface area contributed by atoms with Crippen molar-refractivity contribution in [2.45, 2.75) is 44.6 Å². The topological polar surface area (TPSA) is 79.5 Å². The van der Waals surface area contributed by atoms with Crippen LogP contribution in [0.2, 0.25) is 0 Å². The van der Waals surface area contributed by atoms with E-state index in [4.69, 9.17) is 4.52 Å². The van der Waals surface area contributed by atoms with E-state index in [-0.39, 0.29) is 0 Å². The zero-order chi connectivity index (χ0) is 18.6. The largest absolute Gasteiger partial charge is 0.339 e. The molecule has 7 nitrogen and oxygen atoms in total. The van der Waals surface area contributed by atoms with Gasteiger partial charge in [-0.1, -0.05) is 37.6 Å². The van der Waals surface area contributed by atoms with Gasteiger partial charge in [0.15, 0.2) is 5.82 Å². The number of hydrogen-bond donors (Lipinski definition) is 0. The Labute approximate surface area is 155 Å². The molecule has 0 unspecified atom stereocenters. The molecule has 2 aromatic rings. The molecule has 0 atom stereocenters. The molecule has 1 aromatic carbocycles. The fourth-order valence-corrected chi connectivity index (χ4v) is 4.51. The Kier molecular flexibility index (Phi) is 6.05. The Hall–Kier alpha value is -1.77. The van der Waals surface area contributed by atoms with Crippen molar-refractivity contribution in [3.63, 3.8) is 0 Å². The summed E-state index contributed by atoms with van der Waals surface area (Å²) < 4.78 is 32.3. The predicted molar refractivity (Wildman–Crippen MR) is 98.1 cm³/mol. The van der Waals surface area contributed by atoms with Crippen molar-refractivity contribution < 1.29 is 12.9 Å². The smallest absolute Gasteiger partial charge is 0.243 e. The third kappa shape index (κ3) is 4.31. The molecule has 142 valence electrons. The van der Waals surface area contributed by atoms with Crippen LogP contribution in [0.25, 0.3) is 0 Å². The molecule has 1 aromatic heterocycles. The van der Waals surface area contributed by atoms with Gasteiger partial charge in [-0.15, -0.1) is 0 Å². The zero-order valence-electron chi connectivity index (χ0n) is 15.4. The number of rotatable bonds is 7. The van der Waals surface area contributed by atoms with Gasteiger partial charge in [-0.25, -0.2) is 8.42 Å². The number of aromatic nitrogens is 2. The average molecular weight is 378 g/mol. The Bertz CT molecular complexity index is 809. The summed E-state index contributed by atoms with van der Waals surface area (Å²) >= 11 is 0. The van der Waals surface area contributed by atoms with Crippen LogP contribution >= 0.6 is 0 Å². The van der Waals surface area contributed by atoms with Crippen LogP contribution in [0.4, 0.5) is 0 Å². The first kappa shape index (κ1) is 19.0. The Morgan fingerprint density at radius 1 is 1.08 bits per heavy atom. The van der Waals surface area contributed by atoms with Gasteiger partial charge in [-0.2, -0.15) is 9.29 Å². The first-order chi connectivity index (χ1) is 12.5. The molecule has 1 aliphatic rings. The lowest BCUT2D eigenvalue weighted by atomic mass is 10.1. The normalized spacial score (nSPS) is 16.8. The monoisotopic (exact) mass is 378 g/mol. The number of piperazine rings is 1. The van der Waals surface area contributed by atoms with Crippen molar-refractivity contribution in [2.75, 3.05) is 26.2 Å². The van der Waals surface area contributed by atoms with Crippen molar-refractivity contribution in [3.05, 3.63) is 41.5 Å². The molecule has 1 saturated heterocycles. The predicted octanol–water partition coefficient (Wildman–Crippen LogP) is 2.09. The van der Waals surface area contributed by atoms with Crippen molar-refractivity contribution in [2.24, 2.45) is 0 Å². The summed E-state index contributed by atoms with van der Waals surface area (Å²) in [7, 11) is -3.43. The highest BCUT2D eigenvalue weighted by Gasteiger charge is 2.28. The summed E-state index contributed by atoms with van der Waals surface area (Å²) in [5, 5.41) is 3.96. The van der Waals surface area contributed by atoms with Crippen LogP contribution in [0, 0.1) is 0 Å². The summed E-state index contributed by atoms with van der Waals surface area (Å²) in [4.78, 5) is 6.84. The van der Waals surface area contributed by atoms with Crippen LogP contribution in [-0.2, 0) is 29.4 Å². The van der Waals surface area contributed by atoms with Crippen LogP contribution in [0.5, 0.6) is 0 Å². The molecule has 1 fully saturated rings. The maximum absolute atomic E-state index is 12.8. The van der Waals surface area contributed by atoms with E-state index >= 15 is 0 Å². The molecule has 0 spiro atoms. The van der Waals surface area contributed by atoms with E-state index in [1.807, 2.05) is 19.1 Å². The van der Waals surface area contributed by atoms with Crippen LogP contribution in [0.1, 0.15) is 37.5 Å². The number of sulfonamides is 1. The highest BCUT2D eigenvalue weighted by Crippen LogP contribution is 2.19. The second-order valence-corrected chi connectivity index (χ2v) is 8.47. The molecule has 1 aliphatic heterocycles. The maximum Gasteiger partial charge on any atom is 0.243 e. The van der Waals surface area contributed by atoms with Crippen LogP contribution < -0.4 is 0 Å². The number of benzene rings is 1. The van der Waals surface area contributed by atoms with Gasteiger partial charge in [-0.3, -0.25) is 4.90 Å². The second kappa shape index (κ2) is 8.28. The number of aryl methyl sites for hydroxylation is 2. The zero-order valence-corrected chi connectivity index (χ0v) is 16.2. The minimum Gasteiger partial charge on any atom is -0.339 e. The SMILES string of the molecule is CCCc1ccc(S(=O)(=O)N2CCN(Cc3noc(CC)n3)CC2)cc1. The van der Waals surface area contributed by atoms with Gasteiger partial charge < -0.3 is 4.52 Å². The van der Waals surface area contributed by atoms with Crippen LogP contribution in [0.15, 0.2) is 33.7 Å². The highest BCUT2D eigenvalue weighted by molar-refractivity contribution is 7.89. The minimum absolute atomic E-state index is 0.372. The van der Waals surface area contributed by atoms with Gasteiger partial charge in [-0.05, 0) is 24.1 Å². The molecule has 3 rings (SSSR count). The molecule has 26 heavy (non-hydrogen) atoms. The third-order valence-electron chi connectivity index (χ3n) is 4.61. The summed E-state index contributed by atoms with van der Waals surface area (Å²) in [5.41, 5.74) is 1.17. The molecule has 0 amide bonds. The highest BCUT2D eigenvalue weighted by atomic mass is 32.2. The molecule has 0 N–H and O–H groups in total. The van der Waals surface area contributed by atoms with E-state index in [2.05, 4.69) is 22.0 Å². The summed E-state index contributed by atoms with van der Waals surface area (Å²) in [6, 6.07) is 7.26. The van der Waals surface area contributed by atoms with E-state index in [0.717, 1.165) is 19.3 Å². The lowest BCUT2D eigenvalue weighted by Gasteiger charge is -2.33. The van der Waals surface area contributed by atoms with Crippen molar-refractivity contribution in [1.29, 1.82) is 0 Å². The van der Waals surface area contributed by atoms with E-state index < -0.39 is 10.0 Å². The summed E-state index contributed by atoms with van der Waals surface area (Å²) in [5.74, 6) is 1.29. The summed E-state index contributed by atoms with van der Waals surface area (Å²) in [6.07, 6.45) is 2.74. The standard InChI is InChI=1S/C18H26N4O3S/c1-3-5-15-6-8-16(9-7-15)26(23,24)22-12-10-21(11-13-22)14-17-19-18(4-2)25-20-17/h6-9H,3-5,10-14H2,1-2H3. The van der Waals surface area contributed by atoms with Gasteiger partial charge in [0.05, 0.1) is 11.4 Å². The molecule has 0 bridgehead atoms. The van der Waals surface area contributed by atoms with Gasteiger partial charge >= 0.3 is 0 Å². The van der Waals surface area contributed by atoms with E-state index in [9.17, 15) is 8.42 Å². The molecule has 8 heteroatoms. The molecule has 0 radical (unpaired) electrons. The van der Waals surface area contributed by atoms with Gasteiger partial charge in [0, 0.05) is 32.6 Å². The molecule has 2 heterocycles.